The van der Waals surface area contributed by atoms with Gasteiger partial charge in [0.1, 0.15) is 0 Å². The second-order valence-corrected chi connectivity index (χ2v) is 4.24. The van der Waals surface area contributed by atoms with Gasteiger partial charge in [0.05, 0.1) is 30.3 Å². The highest BCUT2D eigenvalue weighted by atomic mass is 19.3. The predicted octanol–water partition coefficient (Wildman–Crippen LogP) is 0.441. The Hall–Kier alpha value is -1.64. The number of fused-ring (bicyclic) bond motifs is 1. The van der Waals surface area contributed by atoms with Crippen LogP contribution in [-0.2, 0) is 17.8 Å². The van der Waals surface area contributed by atoms with Crippen LogP contribution in [0.4, 0.5) is 17.6 Å². The molecule has 1 aliphatic rings. The Morgan fingerprint density at radius 3 is 3.00 bits per heavy atom. The van der Waals surface area contributed by atoms with Crippen LogP contribution in [0.3, 0.4) is 0 Å². The van der Waals surface area contributed by atoms with Crippen molar-refractivity contribution >= 4 is 5.91 Å². The molecule has 0 aromatic carbocycles. The van der Waals surface area contributed by atoms with Gasteiger partial charge in [-0.25, -0.2) is 13.8 Å². The number of carbonyl (C=O) groups is 1. The van der Waals surface area contributed by atoms with Crippen molar-refractivity contribution in [2.45, 2.75) is 31.4 Å². The number of hydrogen-bond acceptors (Lipinski definition) is 3. The van der Waals surface area contributed by atoms with Gasteiger partial charge in [-0.05, 0) is 0 Å². The zero-order valence-electron chi connectivity index (χ0n) is 9.72. The molecule has 0 bridgehead atoms. The van der Waals surface area contributed by atoms with Crippen molar-refractivity contribution in [1.82, 2.24) is 20.6 Å². The number of carbonyl (C=O) groups excluding carboxylic acids is 1. The molecule has 1 atom stereocenters. The molecule has 2 rings (SSSR count). The van der Waals surface area contributed by atoms with Gasteiger partial charge in [-0.1, -0.05) is 0 Å². The first-order chi connectivity index (χ1) is 8.90. The molecule has 1 aliphatic heterocycles. The quantitative estimate of drug-likeness (QED) is 0.701. The van der Waals surface area contributed by atoms with E-state index in [2.05, 4.69) is 15.3 Å². The maximum absolute atomic E-state index is 12.7. The molecule has 106 valence electrons. The third-order valence-corrected chi connectivity index (χ3v) is 2.86. The van der Waals surface area contributed by atoms with E-state index in [0.717, 1.165) is 5.69 Å². The minimum absolute atomic E-state index is 0.227. The molecule has 2 heterocycles. The van der Waals surface area contributed by atoms with Crippen LogP contribution in [0.25, 0.3) is 0 Å². The Kier molecular flexibility index (Phi) is 3.74. The van der Waals surface area contributed by atoms with Crippen LogP contribution >= 0.6 is 0 Å². The smallest absolute Gasteiger partial charge is 0.324 e. The molecule has 0 fully saturated rings. The van der Waals surface area contributed by atoms with Gasteiger partial charge in [-0.2, -0.15) is 8.78 Å². The minimum Gasteiger partial charge on any atom is -0.348 e. The lowest BCUT2D eigenvalue weighted by atomic mass is 10.0. The van der Waals surface area contributed by atoms with Gasteiger partial charge in [-0.15, -0.1) is 0 Å². The maximum atomic E-state index is 12.7. The lowest BCUT2D eigenvalue weighted by Gasteiger charge is -2.23. The molecular weight excluding hydrogens is 268 g/mol. The van der Waals surface area contributed by atoms with Crippen molar-refractivity contribution in [3.8, 4) is 0 Å². The highest BCUT2D eigenvalue weighted by Crippen LogP contribution is 2.21. The van der Waals surface area contributed by atoms with Gasteiger partial charge < -0.3 is 10.3 Å². The number of H-pyrrole nitrogens is 1. The van der Waals surface area contributed by atoms with Crippen LogP contribution in [0, 0.1) is 0 Å². The van der Waals surface area contributed by atoms with E-state index >= 15 is 0 Å². The number of imidazole rings is 1. The van der Waals surface area contributed by atoms with Gasteiger partial charge in [-0.3, -0.25) is 10.1 Å². The monoisotopic (exact) mass is 280 g/mol. The molecule has 0 spiro atoms. The van der Waals surface area contributed by atoms with Gasteiger partial charge in [0.25, 0.3) is 0 Å². The summed E-state index contributed by atoms with van der Waals surface area (Å²) >= 11 is 0. The summed E-state index contributed by atoms with van der Waals surface area (Å²) in [6.07, 6.45) is -2.10. The number of halogens is 4. The molecule has 0 saturated carbocycles. The fourth-order valence-electron chi connectivity index (χ4n) is 1.76. The Labute approximate surface area is 105 Å². The minimum atomic E-state index is -4.22. The van der Waals surface area contributed by atoms with Crippen molar-refractivity contribution in [3.63, 3.8) is 0 Å². The number of rotatable bonds is 4. The van der Waals surface area contributed by atoms with Gasteiger partial charge >= 0.3 is 12.3 Å². The number of hydrogen-bond donors (Lipinski definition) is 3. The molecule has 3 N–H and O–H groups in total. The number of nitrogens with zero attached hydrogens (tertiary/aromatic N) is 1. The fourth-order valence-corrected chi connectivity index (χ4v) is 1.76. The second-order valence-electron chi connectivity index (χ2n) is 4.24. The molecule has 1 amide bonds. The summed E-state index contributed by atoms with van der Waals surface area (Å²) in [6, 6.07) is -0.746. The SMILES string of the molecule is O=C(NCC(F)(F)C(F)F)C1Cc2nc[nH]c2CN1. The van der Waals surface area contributed by atoms with Crippen LogP contribution < -0.4 is 10.6 Å². The molecule has 1 aromatic heterocycles. The molecule has 5 nitrogen and oxygen atoms in total. The van der Waals surface area contributed by atoms with Crippen LogP contribution in [0.5, 0.6) is 0 Å². The Morgan fingerprint density at radius 1 is 1.58 bits per heavy atom. The van der Waals surface area contributed by atoms with Crippen LogP contribution in [0.15, 0.2) is 6.33 Å². The predicted molar refractivity (Wildman–Crippen MR) is 56.9 cm³/mol. The molecule has 9 heteroatoms. The molecule has 0 aliphatic carbocycles. The first kappa shape index (κ1) is 13.8. The van der Waals surface area contributed by atoms with E-state index in [1.807, 2.05) is 5.32 Å². The fraction of sp³-hybridized carbons (Fsp3) is 0.600. The first-order valence-electron chi connectivity index (χ1n) is 5.58. The largest absolute Gasteiger partial charge is 0.348 e. The van der Waals surface area contributed by atoms with Crippen LogP contribution in [0.2, 0.25) is 0 Å². The zero-order valence-corrected chi connectivity index (χ0v) is 9.72. The topological polar surface area (TPSA) is 69.8 Å². The number of alkyl halides is 4. The van der Waals surface area contributed by atoms with Crippen molar-refractivity contribution in [2.24, 2.45) is 0 Å². The van der Waals surface area contributed by atoms with Gasteiger partial charge in [0.2, 0.25) is 5.91 Å². The van der Waals surface area contributed by atoms with E-state index in [4.69, 9.17) is 0 Å². The lowest BCUT2D eigenvalue weighted by molar-refractivity contribution is -0.137. The van der Waals surface area contributed by atoms with Crippen molar-refractivity contribution in [1.29, 1.82) is 0 Å². The normalized spacial score (nSPS) is 19.3. The standard InChI is InChI=1S/C10H12F4N4O/c11-9(12)10(13,14)3-16-8(19)6-1-5-7(2-15-6)18-4-17-5/h4,6,9,15H,1-3H2,(H,16,19)(H,17,18). The van der Waals surface area contributed by atoms with E-state index in [1.165, 1.54) is 6.33 Å². The molecule has 19 heavy (non-hydrogen) atoms. The summed E-state index contributed by atoms with van der Waals surface area (Å²) in [4.78, 5) is 18.5. The number of aromatic amines is 1. The number of amides is 1. The summed E-state index contributed by atoms with van der Waals surface area (Å²) in [6.45, 7) is -1.03. The van der Waals surface area contributed by atoms with Crippen molar-refractivity contribution < 1.29 is 22.4 Å². The highest BCUT2D eigenvalue weighted by molar-refractivity contribution is 5.82. The third kappa shape index (κ3) is 3.03. The summed E-state index contributed by atoms with van der Waals surface area (Å²) < 4.78 is 49.2. The molecular formula is C10H12F4N4O. The summed E-state index contributed by atoms with van der Waals surface area (Å²) in [5.41, 5.74) is 1.49. The summed E-state index contributed by atoms with van der Waals surface area (Å²) in [7, 11) is 0. The summed E-state index contributed by atoms with van der Waals surface area (Å²) in [5, 5.41) is 4.64. The molecule has 0 saturated heterocycles. The molecule has 1 unspecified atom stereocenters. The summed E-state index contributed by atoms with van der Waals surface area (Å²) in [5.74, 6) is -4.96. The average molecular weight is 280 g/mol. The molecule has 1 aromatic rings. The van der Waals surface area contributed by atoms with E-state index in [9.17, 15) is 22.4 Å². The van der Waals surface area contributed by atoms with E-state index in [-0.39, 0.29) is 6.42 Å². The highest BCUT2D eigenvalue weighted by Gasteiger charge is 2.41. The average Bonchev–Trinajstić information content (AvgIpc) is 2.82. The Bertz CT molecular complexity index is 462. The van der Waals surface area contributed by atoms with E-state index in [0.29, 0.717) is 12.2 Å². The van der Waals surface area contributed by atoms with Gasteiger partial charge in [0.15, 0.2) is 0 Å². The number of aromatic nitrogens is 2. The van der Waals surface area contributed by atoms with Gasteiger partial charge in [0, 0.05) is 13.0 Å². The number of nitrogens with one attached hydrogen (secondary N) is 3. The van der Waals surface area contributed by atoms with Crippen LogP contribution in [0.1, 0.15) is 11.4 Å². The van der Waals surface area contributed by atoms with Crippen molar-refractivity contribution in [3.05, 3.63) is 17.7 Å². The second kappa shape index (κ2) is 5.16. The van der Waals surface area contributed by atoms with E-state index in [1.54, 1.807) is 0 Å². The third-order valence-electron chi connectivity index (χ3n) is 2.86. The van der Waals surface area contributed by atoms with E-state index < -0.39 is 30.8 Å². The zero-order chi connectivity index (χ0) is 14.0. The Morgan fingerprint density at radius 2 is 2.32 bits per heavy atom. The maximum Gasteiger partial charge on any atom is 0.324 e. The first-order valence-corrected chi connectivity index (χ1v) is 5.58. The lowest BCUT2D eigenvalue weighted by Crippen LogP contribution is -2.51. The Balaban J connectivity index is 1.89. The van der Waals surface area contributed by atoms with Crippen molar-refractivity contribution in [2.75, 3.05) is 6.54 Å². The molecule has 0 radical (unpaired) electrons. The van der Waals surface area contributed by atoms with Crippen LogP contribution in [-0.4, -0.2) is 40.8 Å².